The Balaban J connectivity index is 1.56. The molecule has 2 aromatic carbocycles. The fourth-order valence-corrected chi connectivity index (χ4v) is 6.51. The first-order chi connectivity index (χ1) is 15.3. The van der Waals surface area contributed by atoms with E-state index < -0.39 is 21.5 Å². The predicted molar refractivity (Wildman–Crippen MR) is 121 cm³/mol. The lowest BCUT2D eigenvalue weighted by Gasteiger charge is -2.23. The maximum atomic E-state index is 13.3. The number of rotatable bonds is 7. The lowest BCUT2D eigenvalue weighted by atomic mass is 9.98. The van der Waals surface area contributed by atoms with E-state index in [4.69, 9.17) is 0 Å². The van der Waals surface area contributed by atoms with E-state index in [1.807, 2.05) is 42.2 Å². The first-order valence-corrected chi connectivity index (χ1v) is 12.4. The minimum absolute atomic E-state index is 0.0333. The molecule has 0 radical (unpaired) electrons. The Hall–Kier alpha value is -2.71. The monoisotopic (exact) mass is 455 g/mol. The zero-order valence-corrected chi connectivity index (χ0v) is 19.2. The molecule has 1 heterocycles. The van der Waals surface area contributed by atoms with E-state index in [0.717, 1.165) is 5.56 Å². The molecule has 1 N–H and O–H groups in total. The topological polar surface area (TPSA) is 86.8 Å². The number of benzene rings is 2. The molecular weight excluding hydrogens is 426 g/mol. The maximum Gasteiger partial charge on any atom is 0.243 e. The molecular formula is C24H29N3O4S. The summed E-state index contributed by atoms with van der Waals surface area (Å²) in [6.07, 6.45) is 0.962. The normalized spacial score (nSPS) is 24.9. The first-order valence-electron chi connectivity index (χ1n) is 10.9. The second-order valence-electron chi connectivity index (χ2n) is 8.65. The van der Waals surface area contributed by atoms with E-state index in [2.05, 4.69) is 5.32 Å². The second-order valence-corrected chi connectivity index (χ2v) is 10.5. The molecule has 2 fully saturated rings. The van der Waals surface area contributed by atoms with Crippen LogP contribution in [0.1, 0.15) is 25.3 Å². The van der Waals surface area contributed by atoms with Gasteiger partial charge in [0, 0.05) is 32.6 Å². The molecule has 1 aliphatic heterocycles. The molecule has 0 aromatic heterocycles. The number of hydrogen-bond acceptors (Lipinski definition) is 4. The molecule has 32 heavy (non-hydrogen) atoms. The van der Waals surface area contributed by atoms with Crippen LogP contribution in [0.15, 0.2) is 65.6 Å². The summed E-state index contributed by atoms with van der Waals surface area (Å²) >= 11 is 0. The third kappa shape index (κ3) is 4.04. The summed E-state index contributed by atoms with van der Waals surface area (Å²) in [5.41, 5.74) is 0.570. The molecule has 2 aromatic rings. The quantitative estimate of drug-likeness (QED) is 0.694. The molecule has 3 atom stereocenters. The Bertz CT molecular complexity index is 1090. The highest BCUT2D eigenvalue weighted by Crippen LogP contribution is 2.61. The van der Waals surface area contributed by atoms with Gasteiger partial charge in [-0.15, -0.1) is 0 Å². The standard InChI is InChI=1S/C24H29N3O4S/c1-3-26(16-18-10-6-4-7-11-18)23(29)20-14-24(20)15-21(22(28)25-2)27(17-24)32(30,31)19-12-8-5-9-13-19/h4-13,20-21H,3,14-17H2,1-2H3,(H,25,28)/t20-,21+,24+/m1/s1. The maximum absolute atomic E-state index is 13.3. The highest BCUT2D eigenvalue weighted by Gasteiger charge is 2.66. The molecule has 0 bridgehead atoms. The van der Waals surface area contributed by atoms with Crippen LogP contribution < -0.4 is 5.32 Å². The van der Waals surface area contributed by atoms with Gasteiger partial charge in [-0.3, -0.25) is 9.59 Å². The number of hydrogen-bond donors (Lipinski definition) is 1. The molecule has 1 spiro atoms. The largest absolute Gasteiger partial charge is 0.358 e. The van der Waals surface area contributed by atoms with Crippen LogP contribution in [0.3, 0.4) is 0 Å². The van der Waals surface area contributed by atoms with Gasteiger partial charge in [-0.25, -0.2) is 8.42 Å². The van der Waals surface area contributed by atoms with E-state index in [0.29, 0.717) is 25.9 Å². The van der Waals surface area contributed by atoms with Crippen LogP contribution in [-0.4, -0.2) is 55.6 Å². The van der Waals surface area contributed by atoms with Gasteiger partial charge in [0.05, 0.1) is 4.90 Å². The Morgan fingerprint density at radius 3 is 2.28 bits per heavy atom. The van der Waals surface area contributed by atoms with Crippen molar-refractivity contribution in [2.24, 2.45) is 11.3 Å². The van der Waals surface area contributed by atoms with Crippen molar-refractivity contribution < 1.29 is 18.0 Å². The lowest BCUT2D eigenvalue weighted by Crippen LogP contribution is -2.44. The van der Waals surface area contributed by atoms with Crippen LogP contribution in [0, 0.1) is 11.3 Å². The summed E-state index contributed by atoms with van der Waals surface area (Å²) in [4.78, 5) is 27.9. The zero-order chi connectivity index (χ0) is 22.9. The van der Waals surface area contributed by atoms with Crippen LogP contribution in [0.2, 0.25) is 0 Å². The molecule has 170 valence electrons. The van der Waals surface area contributed by atoms with Gasteiger partial charge in [0.2, 0.25) is 21.8 Å². The first kappa shape index (κ1) is 22.5. The zero-order valence-electron chi connectivity index (χ0n) is 18.4. The molecule has 1 saturated heterocycles. The average Bonchev–Trinajstić information content (AvgIpc) is 3.38. The van der Waals surface area contributed by atoms with Crippen molar-refractivity contribution in [1.82, 2.24) is 14.5 Å². The summed E-state index contributed by atoms with van der Waals surface area (Å²) in [7, 11) is -2.34. The number of carbonyl (C=O) groups excluding carboxylic acids is 2. The summed E-state index contributed by atoms with van der Waals surface area (Å²) in [6.45, 7) is 3.23. The summed E-state index contributed by atoms with van der Waals surface area (Å²) in [5.74, 6) is -0.573. The molecule has 4 rings (SSSR count). The van der Waals surface area contributed by atoms with Gasteiger partial charge in [-0.1, -0.05) is 48.5 Å². The van der Waals surface area contributed by atoms with E-state index in [9.17, 15) is 18.0 Å². The van der Waals surface area contributed by atoms with Gasteiger partial charge < -0.3 is 10.2 Å². The molecule has 8 heteroatoms. The summed E-state index contributed by atoms with van der Waals surface area (Å²) in [6, 6.07) is 17.2. The fraction of sp³-hybridized carbons (Fsp3) is 0.417. The van der Waals surface area contributed by atoms with Crippen molar-refractivity contribution in [2.45, 2.75) is 37.2 Å². The smallest absolute Gasteiger partial charge is 0.243 e. The van der Waals surface area contributed by atoms with Gasteiger partial charge >= 0.3 is 0 Å². The number of sulfonamides is 1. The average molecular weight is 456 g/mol. The van der Waals surface area contributed by atoms with Crippen LogP contribution in [0.5, 0.6) is 0 Å². The molecule has 2 aliphatic rings. The van der Waals surface area contributed by atoms with E-state index in [1.54, 1.807) is 18.2 Å². The second kappa shape index (κ2) is 8.67. The Morgan fingerprint density at radius 2 is 1.69 bits per heavy atom. The Labute approximate surface area is 189 Å². The van der Waals surface area contributed by atoms with Crippen molar-refractivity contribution >= 4 is 21.8 Å². The van der Waals surface area contributed by atoms with Crippen molar-refractivity contribution in [2.75, 3.05) is 20.1 Å². The number of amides is 2. The third-order valence-corrected chi connectivity index (χ3v) is 8.58. The SMILES string of the molecule is CCN(Cc1ccccc1)C(=O)[C@H]1C[C@@]12C[C@@H](C(=O)NC)N(S(=O)(=O)c1ccccc1)C2. The molecule has 7 nitrogen and oxygen atoms in total. The van der Waals surface area contributed by atoms with Gasteiger partial charge in [-0.05, 0) is 42.9 Å². The minimum atomic E-state index is -3.85. The van der Waals surface area contributed by atoms with E-state index in [1.165, 1.54) is 23.5 Å². The fourth-order valence-electron chi connectivity index (χ4n) is 4.81. The number of nitrogens with zero attached hydrogens (tertiary/aromatic N) is 2. The van der Waals surface area contributed by atoms with Crippen molar-refractivity contribution in [1.29, 1.82) is 0 Å². The van der Waals surface area contributed by atoms with Crippen molar-refractivity contribution in [3.05, 3.63) is 66.2 Å². The van der Waals surface area contributed by atoms with Gasteiger partial charge in [-0.2, -0.15) is 4.31 Å². The van der Waals surface area contributed by atoms with Crippen molar-refractivity contribution in [3.63, 3.8) is 0 Å². The molecule has 2 amide bonds. The number of nitrogens with one attached hydrogen (secondary N) is 1. The van der Waals surface area contributed by atoms with Gasteiger partial charge in [0.15, 0.2) is 0 Å². The highest BCUT2D eigenvalue weighted by molar-refractivity contribution is 7.89. The number of likely N-dealkylation sites (N-methyl/N-ethyl adjacent to an activating group) is 1. The van der Waals surface area contributed by atoms with E-state index >= 15 is 0 Å². The van der Waals surface area contributed by atoms with Crippen molar-refractivity contribution in [3.8, 4) is 0 Å². The third-order valence-electron chi connectivity index (χ3n) is 6.71. The van der Waals surface area contributed by atoms with Crippen LogP contribution in [-0.2, 0) is 26.2 Å². The van der Waals surface area contributed by atoms with Crippen LogP contribution in [0.25, 0.3) is 0 Å². The number of carbonyl (C=O) groups is 2. The highest BCUT2D eigenvalue weighted by atomic mass is 32.2. The lowest BCUT2D eigenvalue weighted by molar-refractivity contribution is -0.134. The molecule has 1 aliphatic carbocycles. The van der Waals surface area contributed by atoms with Gasteiger partial charge in [0.1, 0.15) is 6.04 Å². The Morgan fingerprint density at radius 1 is 1.06 bits per heavy atom. The minimum Gasteiger partial charge on any atom is -0.358 e. The summed E-state index contributed by atoms with van der Waals surface area (Å²) in [5, 5.41) is 2.60. The van der Waals surface area contributed by atoms with Gasteiger partial charge in [0.25, 0.3) is 0 Å². The Kier molecular flexibility index (Phi) is 6.09. The van der Waals surface area contributed by atoms with Crippen LogP contribution in [0.4, 0.5) is 0 Å². The summed E-state index contributed by atoms with van der Waals surface area (Å²) < 4.78 is 28.0. The molecule has 0 unspecified atom stereocenters. The predicted octanol–water partition coefficient (Wildman–Crippen LogP) is 2.25. The van der Waals surface area contributed by atoms with E-state index in [-0.39, 0.29) is 29.2 Å². The molecule has 1 saturated carbocycles. The van der Waals surface area contributed by atoms with Crippen LogP contribution >= 0.6 is 0 Å².